The molecule has 0 unspecified atom stereocenters. The second kappa shape index (κ2) is 3.52. The highest BCUT2D eigenvalue weighted by Crippen LogP contribution is 2.25. The number of nitrogens with two attached hydrogens (primary N) is 1. The summed E-state index contributed by atoms with van der Waals surface area (Å²) in [5.41, 5.74) is 4.70. The molecule has 76 valence electrons. The minimum Gasteiger partial charge on any atom is -0.398 e. The zero-order valence-corrected chi connectivity index (χ0v) is 6.71. The minimum absolute atomic E-state index is 0.116. The molecule has 2 N–H and O–H groups in total. The lowest BCUT2D eigenvalue weighted by molar-refractivity contribution is -0.276. The van der Waals surface area contributed by atoms with Crippen LogP contribution in [0.15, 0.2) is 12.3 Å². The number of carbonyl (C=O) groups is 1. The molecular weight excluding hydrogens is 201 g/mol. The molecule has 0 spiro atoms. The Labute approximate surface area is 76.5 Å². The van der Waals surface area contributed by atoms with Crippen molar-refractivity contribution in [2.75, 3.05) is 5.73 Å². The van der Waals surface area contributed by atoms with Crippen LogP contribution in [0.2, 0.25) is 0 Å². The van der Waals surface area contributed by atoms with Crippen molar-refractivity contribution < 1.29 is 22.7 Å². The normalized spacial score (nSPS) is 11.1. The summed E-state index contributed by atoms with van der Waals surface area (Å²) in [6.45, 7) is 0. The number of nitrogens with zero attached hydrogens (tertiary/aromatic N) is 1. The number of ether oxygens (including phenoxy) is 1. The van der Waals surface area contributed by atoms with Crippen LogP contribution in [0, 0.1) is 0 Å². The first kappa shape index (κ1) is 10.3. The van der Waals surface area contributed by atoms with Gasteiger partial charge in [-0.15, -0.1) is 13.2 Å². The number of halogens is 3. The van der Waals surface area contributed by atoms with Gasteiger partial charge in [0, 0.05) is 11.9 Å². The number of rotatable bonds is 2. The summed E-state index contributed by atoms with van der Waals surface area (Å²) in [4.78, 5) is 13.6. The second-order valence-corrected chi connectivity index (χ2v) is 2.28. The van der Waals surface area contributed by atoms with Gasteiger partial charge in [0.05, 0.1) is 5.56 Å². The number of carbonyl (C=O) groups excluding carboxylic acids is 1. The Morgan fingerprint density at radius 3 is 2.64 bits per heavy atom. The summed E-state index contributed by atoms with van der Waals surface area (Å²) in [6, 6.07) is 1.20. The number of nitrogen functional groups attached to an aromatic ring is 1. The molecule has 4 nitrogen and oxygen atoms in total. The molecular formula is C7H5F3N2O2. The largest absolute Gasteiger partial charge is 0.574 e. The first-order valence-electron chi connectivity index (χ1n) is 3.39. The maximum Gasteiger partial charge on any atom is 0.574 e. The standard InChI is InChI=1S/C7H5F3N2O2/c8-7(9,10)14-6-4(3-13)5(11)1-2-12-6/h1-3H,(H2,11,12). The highest BCUT2D eigenvalue weighted by molar-refractivity contribution is 5.86. The Kier molecular flexibility index (Phi) is 2.59. The fraction of sp³-hybridized carbons (Fsp3) is 0.143. The number of aromatic nitrogens is 1. The van der Waals surface area contributed by atoms with Crippen molar-refractivity contribution in [3.8, 4) is 5.88 Å². The van der Waals surface area contributed by atoms with Crippen LogP contribution in [0.3, 0.4) is 0 Å². The maximum atomic E-state index is 11.8. The lowest BCUT2D eigenvalue weighted by Gasteiger charge is -2.09. The lowest BCUT2D eigenvalue weighted by atomic mass is 10.2. The first-order chi connectivity index (χ1) is 6.44. The summed E-state index contributed by atoms with van der Waals surface area (Å²) >= 11 is 0. The fourth-order valence-electron chi connectivity index (χ4n) is 0.777. The van der Waals surface area contributed by atoms with E-state index in [-0.39, 0.29) is 12.0 Å². The average molecular weight is 206 g/mol. The van der Waals surface area contributed by atoms with Crippen molar-refractivity contribution in [1.82, 2.24) is 4.98 Å². The third-order valence-corrected chi connectivity index (χ3v) is 1.32. The molecule has 0 radical (unpaired) electrons. The van der Waals surface area contributed by atoms with E-state index in [1.165, 1.54) is 6.07 Å². The SMILES string of the molecule is Nc1ccnc(OC(F)(F)F)c1C=O. The summed E-state index contributed by atoms with van der Waals surface area (Å²) in [6.07, 6.45) is -3.72. The van der Waals surface area contributed by atoms with Crippen LogP contribution in [0.4, 0.5) is 18.9 Å². The van der Waals surface area contributed by atoms with Crippen LogP contribution >= 0.6 is 0 Å². The Bertz CT molecular complexity index is 351. The van der Waals surface area contributed by atoms with E-state index in [1.54, 1.807) is 0 Å². The lowest BCUT2D eigenvalue weighted by Crippen LogP contribution is -2.19. The van der Waals surface area contributed by atoms with Crippen molar-refractivity contribution in [2.45, 2.75) is 6.36 Å². The van der Waals surface area contributed by atoms with E-state index in [9.17, 15) is 18.0 Å². The molecule has 0 saturated heterocycles. The number of anilines is 1. The average Bonchev–Trinajstić information content (AvgIpc) is 2.01. The predicted molar refractivity (Wildman–Crippen MR) is 40.7 cm³/mol. The Hall–Kier alpha value is -1.79. The molecule has 0 aliphatic rings. The van der Waals surface area contributed by atoms with Crippen LogP contribution in [0.1, 0.15) is 10.4 Å². The van der Waals surface area contributed by atoms with Gasteiger partial charge in [-0.3, -0.25) is 4.79 Å². The van der Waals surface area contributed by atoms with Crippen LogP contribution in [-0.2, 0) is 0 Å². The zero-order valence-electron chi connectivity index (χ0n) is 6.71. The van der Waals surface area contributed by atoms with Crippen LogP contribution in [0.25, 0.3) is 0 Å². The molecule has 0 aromatic carbocycles. The number of aldehydes is 1. The molecule has 0 saturated carbocycles. The van der Waals surface area contributed by atoms with Crippen molar-refractivity contribution in [2.24, 2.45) is 0 Å². The van der Waals surface area contributed by atoms with Gasteiger partial charge in [-0.2, -0.15) is 0 Å². The van der Waals surface area contributed by atoms with E-state index < -0.39 is 17.8 Å². The number of alkyl halides is 3. The van der Waals surface area contributed by atoms with Crippen LogP contribution in [-0.4, -0.2) is 17.6 Å². The van der Waals surface area contributed by atoms with Crippen molar-refractivity contribution in [1.29, 1.82) is 0 Å². The second-order valence-electron chi connectivity index (χ2n) is 2.28. The minimum atomic E-state index is -4.89. The van der Waals surface area contributed by atoms with Gasteiger partial charge in [0.25, 0.3) is 0 Å². The van der Waals surface area contributed by atoms with E-state index in [0.717, 1.165) is 6.20 Å². The smallest absolute Gasteiger partial charge is 0.398 e. The Balaban J connectivity index is 3.08. The van der Waals surface area contributed by atoms with Crippen molar-refractivity contribution in [3.63, 3.8) is 0 Å². The quantitative estimate of drug-likeness (QED) is 0.742. The van der Waals surface area contributed by atoms with Gasteiger partial charge >= 0.3 is 6.36 Å². The first-order valence-corrected chi connectivity index (χ1v) is 3.39. The molecule has 7 heteroatoms. The molecule has 1 aromatic rings. The topological polar surface area (TPSA) is 65.2 Å². The molecule has 0 aliphatic heterocycles. The van der Waals surface area contributed by atoms with Gasteiger partial charge in [0.2, 0.25) is 5.88 Å². The van der Waals surface area contributed by atoms with E-state index >= 15 is 0 Å². The summed E-state index contributed by atoms with van der Waals surface area (Å²) < 4.78 is 38.8. The molecule has 0 aliphatic carbocycles. The number of pyridine rings is 1. The maximum absolute atomic E-state index is 11.8. The van der Waals surface area contributed by atoms with Gasteiger partial charge in [0.1, 0.15) is 0 Å². The van der Waals surface area contributed by atoms with E-state index in [0.29, 0.717) is 0 Å². The molecule has 0 amide bonds. The molecule has 1 rings (SSSR count). The van der Waals surface area contributed by atoms with Gasteiger partial charge in [0.15, 0.2) is 6.29 Å². The summed E-state index contributed by atoms with van der Waals surface area (Å²) in [5.74, 6) is -0.840. The number of hydrogen-bond acceptors (Lipinski definition) is 4. The zero-order chi connectivity index (χ0) is 10.8. The summed E-state index contributed by atoms with van der Waals surface area (Å²) in [7, 11) is 0. The Morgan fingerprint density at radius 2 is 2.14 bits per heavy atom. The Morgan fingerprint density at radius 1 is 1.50 bits per heavy atom. The van der Waals surface area contributed by atoms with Gasteiger partial charge in [-0.05, 0) is 6.07 Å². The monoisotopic (exact) mass is 206 g/mol. The highest BCUT2D eigenvalue weighted by Gasteiger charge is 2.33. The summed E-state index contributed by atoms with van der Waals surface area (Å²) in [5, 5.41) is 0. The van der Waals surface area contributed by atoms with E-state index in [4.69, 9.17) is 5.73 Å². The predicted octanol–water partition coefficient (Wildman–Crippen LogP) is 1.37. The fourth-order valence-corrected chi connectivity index (χ4v) is 0.777. The van der Waals surface area contributed by atoms with Crippen molar-refractivity contribution in [3.05, 3.63) is 17.8 Å². The third kappa shape index (κ3) is 2.35. The number of hydrogen-bond donors (Lipinski definition) is 1. The van der Waals surface area contributed by atoms with Gasteiger partial charge in [-0.25, -0.2) is 4.98 Å². The van der Waals surface area contributed by atoms with Crippen molar-refractivity contribution >= 4 is 12.0 Å². The van der Waals surface area contributed by atoms with Gasteiger partial charge in [-0.1, -0.05) is 0 Å². The molecule has 0 fully saturated rings. The van der Waals surface area contributed by atoms with Crippen LogP contribution in [0.5, 0.6) is 5.88 Å². The third-order valence-electron chi connectivity index (χ3n) is 1.32. The highest BCUT2D eigenvalue weighted by atomic mass is 19.4. The molecule has 0 bridgehead atoms. The molecule has 14 heavy (non-hydrogen) atoms. The molecule has 1 heterocycles. The van der Waals surface area contributed by atoms with Crippen LogP contribution < -0.4 is 10.5 Å². The van der Waals surface area contributed by atoms with Gasteiger partial charge < -0.3 is 10.5 Å². The van der Waals surface area contributed by atoms with E-state index in [1.807, 2.05) is 0 Å². The molecule has 1 aromatic heterocycles. The van der Waals surface area contributed by atoms with E-state index in [2.05, 4.69) is 9.72 Å². The molecule has 0 atom stereocenters.